The van der Waals surface area contributed by atoms with Crippen LogP contribution in [0.1, 0.15) is 15.9 Å². The van der Waals surface area contributed by atoms with Crippen LogP contribution in [0.3, 0.4) is 0 Å². The predicted octanol–water partition coefficient (Wildman–Crippen LogP) is 0.257. The summed E-state index contributed by atoms with van der Waals surface area (Å²) in [4.78, 5) is 15.0. The Kier molecular flexibility index (Phi) is 2.32. The van der Waals surface area contributed by atoms with Crippen LogP contribution >= 0.6 is 0 Å². The van der Waals surface area contributed by atoms with Gasteiger partial charge in [0.1, 0.15) is 0 Å². The lowest BCUT2D eigenvalue weighted by Crippen LogP contribution is -2.10. The Bertz CT molecular complexity index is 546. The third-order valence-electron chi connectivity index (χ3n) is 2.27. The molecule has 0 bridgehead atoms. The van der Waals surface area contributed by atoms with Crippen molar-refractivity contribution in [2.24, 2.45) is 5.73 Å². The van der Waals surface area contributed by atoms with Crippen molar-refractivity contribution < 1.29 is 4.79 Å². The number of pyridine rings is 1. The molecule has 0 aliphatic heterocycles. The zero-order valence-corrected chi connectivity index (χ0v) is 8.71. The number of aromatic nitrogens is 3. The number of nitrogens with two attached hydrogens (primary N) is 2. The summed E-state index contributed by atoms with van der Waals surface area (Å²) in [7, 11) is 0. The Hall–Kier alpha value is -2.37. The second-order valence-electron chi connectivity index (χ2n) is 3.40. The van der Waals surface area contributed by atoms with Gasteiger partial charge in [-0.1, -0.05) is 0 Å². The molecule has 0 fully saturated rings. The number of hydrogen-bond acceptors (Lipinski definition) is 4. The fraction of sp³-hybridized carbons (Fsp3) is 0.100. The van der Waals surface area contributed by atoms with Crippen LogP contribution in [0.4, 0.5) is 5.69 Å². The molecule has 0 spiro atoms. The first-order valence-electron chi connectivity index (χ1n) is 4.65. The minimum absolute atomic E-state index is 0.322. The first-order chi connectivity index (χ1) is 7.59. The highest BCUT2D eigenvalue weighted by Gasteiger charge is 2.09. The van der Waals surface area contributed by atoms with Gasteiger partial charge in [-0.2, -0.15) is 5.10 Å². The molecule has 2 heterocycles. The zero-order chi connectivity index (χ0) is 11.7. The minimum atomic E-state index is -0.530. The summed E-state index contributed by atoms with van der Waals surface area (Å²) in [5.74, 6) is -0.0371. The number of primary amides is 1. The summed E-state index contributed by atoms with van der Waals surface area (Å²) < 4.78 is 1.43. The Labute approximate surface area is 91.9 Å². The van der Waals surface area contributed by atoms with Crippen LogP contribution in [0.2, 0.25) is 0 Å². The summed E-state index contributed by atoms with van der Waals surface area (Å²) in [6.07, 6.45) is 4.51. The van der Waals surface area contributed by atoms with Crippen LogP contribution in [0, 0.1) is 6.92 Å². The summed E-state index contributed by atoms with van der Waals surface area (Å²) >= 11 is 0. The van der Waals surface area contributed by atoms with E-state index in [0.717, 1.165) is 5.56 Å². The minimum Gasteiger partial charge on any atom is -0.395 e. The maximum atomic E-state index is 10.9. The van der Waals surface area contributed by atoms with E-state index >= 15 is 0 Å². The summed E-state index contributed by atoms with van der Waals surface area (Å²) in [6, 6.07) is 1.80. The number of amides is 1. The summed E-state index contributed by atoms with van der Waals surface area (Å²) in [6.45, 7) is 1.87. The molecule has 16 heavy (non-hydrogen) atoms. The number of rotatable bonds is 2. The van der Waals surface area contributed by atoms with Gasteiger partial charge in [0, 0.05) is 12.4 Å². The summed E-state index contributed by atoms with van der Waals surface area (Å²) in [5, 5.41) is 3.98. The fourth-order valence-electron chi connectivity index (χ4n) is 1.30. The lowest BCUT2D eigenvalue weighted by Gasteiger charge is -2.05. The van der Waals surface area contributed by atoms with Gasteiger partial charge in [-0.25, -0.2) is 9.67 Å². The maximum Gasteiger partial charge on any atom is 0.251 e. The van der Waals surface area contributed by atoms with E-state index in [0.29, 0.717) is 17.1 Å². The van der Waals surface area contributed by atoms with Crippen LogP contribution in [0.5, 0.6) is 0 Å². The molecule has 1 amide bonds. The van der Waals surface area contributed by atoms with E-state index < -0.39 is 5.91 Å². The lowest BCUT2D eigenvalue weighted by atomic mass is 10.2. The maximum absolute atomic E-state index is 10.9. The van der Waals surface area contributed by atoms with Crippen LogP contribution in [0.15, 0.2) is 24.7 Å². The average molecular weight is 217 g/mol. The Morgan fingerprint density at radius 1 is 1.50 bits per heavy atom. The highest BCUT2D eigenvalue weighted by Crippen LogP contribution is 2.17. The molecule has 6 nitrogen and oxygen atoms in total. The molecule has 82 valence electrons. The SMILES string of the molecule is Cc1ccnc(-n2cc(C(N)=O)cn2)c1N. The number of anilines is 1. The van der Waals surface area contributed by atoms with E-state index in [4.69, 9.17) is 11.5 Å². The van der Waals surface area contributed by atoms with E-state index in [1.807, 2.05) is 6.92 Å². The fourth-order valence-corrected chi connectivity index (χ4v) is 1.30. The van der Waals surface area contributed by atoms with Gasteiger partial charge in [0.05, 0.1) is 17.4 Å². The van der Waals surface area contributed by atoms with Gasteiger partial charge >= 0.3 is 0 Å². The van der Waals surface area contributed by atoms with E-state index in [2.05, 4.69) is 10.1 Å². The van der Waals surface area contributed by atoms with Crippen LogP contribution < -0.4 is 11.5 Å². The topological polar surface area (TPSA) is 99.8 Å². The van der Waals surface area contributed by atoms with Crippen molar-refractivity contribution in [2.75, 3.05) is 5.73 Å². The summed E-state index contributed by atoms with van der Waals surface area (Å²) in [5.41, 5.74) is 12.7. The molecular weight excluding hydrogens is 206 g/mol. The predicted molar refractivity (Wildman–Crippen MR) is 59.0 cm³/mol. The van der Waals surface area contributed by atoms with Crippen molar-refractivity contribution in [2.45, 2.75) is 6.92 Å². The highest BCUT2D eigenvalue weighted by atomic mass is 16.1. The molecule has 0 atom stereocenters. The second kappa shape index (κ2) is 3.65. The van der Waals surface area contributed by atoms with E-state index in [1.165, 1.54) is 17.1 Å². The highest BCUT2D eigenvalue weighted by molar-refractivity contribution is 5.92. The molecule has 6 heteroatoms. The van der Waals surface area contributed by atoms with Crippen LogP contribution in [0.25, 0.3) is 5.82 Å². The monoisotopic (exact) mass is 217 g/mol. The third-order valence-corrected chi connectivity index (χ3v) is 2.27. The molecule has 0 aliphatic rings. The van der Waals surface area contributed by atoms with Gasteiger partial charge in [-0.05, 0) is 18.6 Å². The third kappa shape index (κ3) is 1.60. The smallest absolute Gasteiger partial charge is 0.251 e. The molecule has 2 aromatic heterocycles. The van der Waals surface area contributed by atoms with Crippen molar-refractivity contribution in [3.05, 3.63) is 35.8 Å². The second-order valence-corrected chi connectivity index (χ2v) is 3.40. The number of nitrogens with zero attached hydrogens (tertiary/aromatic N) is 3. The van der Waals surface area contributed by atoms with Gasteiger partial charge < -0.3 is 11.5 Å². The molecule has 0 radical (unpaired) electrons. The molecule has 0 aliphatic carbocycles. The molecule has 0 unspecified atom stereocenters. The van der Waals surface area contributed by atoms with E-state index in [1.54, 1.807) is 12.3 Å². The standard InChI is InChI=1S/C10H11N5O/c1-6-2-3-13-10(8(6)11)15-5-7(4-14-15)9(12)16/h2-5H,11H2,1H3,(H2,12,16). The van der Waals surface area contributed by atoms with E-state index in [-0.39, 0.29) is 0 Å². The Morgan fingerprint density at radius 2 is 2.25 bits per heavy atom. The Balaban J connectivity index is 2.50. The normalized spacial score (nSPS) is 10.3. The largest absolute Gasteiger partial charge is 0.395 e. The molecule has 0 saturated heterocycles. The van der Waals surface area contributed by atoms with Gasteiger partial charge in [-0.15, -0.1) is 0 Å². The zero-order valence-electron chi connectivity index (χ0n) is 8.71. The quantitative estimate of drug-likeness (QED) is 0.753. The molecular formula is C10H11N5O. The van der Waals surface area contributed by atoms with Crippen molar-refractivity contribution in [3.8, 4) is 5.82 Å². The van der Waals surface area contributed by atoms with Crippen molar-refractivity contribution >= 4 is 11.6 Å². The van der Waals surface area contributed by atoms with Gasteiger partial charge in [0.2, 0.25) is 0 Å². The lowest BCUT2D eigenvalue weighted by molar-refractivity contribution is 0.100. The number of carbonyl (C=O) groups excluding carboxylic acids is 1. The van der Waals surface area contributed by atoms with Gasteiger partial charge in [-0.3, -0.25) is 4.79 Å². The first kappa shape index (κ1) is 10.2. The first-order valence-corrected chi connectivity index (χ1v) is 4.65. The molecule has 2 rings (SSSR count). The van der Waals surface area contributed by atoms with Crippen molar-refractivity contribution in [3.63, 3.8) is 0 Å². The van der Waals surface area contributed by atoms with Crippen molar-refractivity contribution in [1.29, 1.82) is 0 Å². The van der Waals surface area contributed by atoms with Crippen molar-refractivity contribution in [1.82, 2.24) is 14.8 Å². The molecule has 4 N–H and O–H groups in total. The van der Waals surface area contributed by atoms with Crippen LogP contribution in [-0.2, 0) is 0 Å². The number of aryl methyl sites for hydroxylation is 1. The molecule has 0 aromatic carbocycles. The van der Waals surface area contributed by atoms with Crippen LogP contribution in [-0.4, -0.2) is 20.7 Å². The molecule has 0 saturated carbocycles. The number of nitrogen functional groups attached to an aromatic ring is 1. The van der Waals surface area contributed by atoms with Gasteiger partial charge in [0.15, 0.2) is 5.82 Å². The average Bonchev–Trinajstić information content (AvgIpc) is 2.71. The molecule has 2 aromatic rings. The number of carbonyl (C=O) groups is 1. The van der Waals surface area contributed by atoms with E-state index in [9.17, 15) is 4.79 Å². The Morgan fingerprint density at radius 3 is 2.88 bits per heavy atom. The van der Waals surface area contributed by atoms with Gasteiger partial charge in [0.25, 0.3) is 5.91 Å². The number of hydrogen-bond donors (Lipinski definition) is 2.